The van der Waals surface area contributed by atoms with Crippen molar-refractivity contribution < 1.29 is 9.53 Å². The van der Waals surface area contributed by atoms with Gasteiger partial charge in [-0.05, 0) is 24.6 Å². The summed E-state index contributed by atoms with van der Waals surface area (Å²) in [5.74, 6) is 0.981. The highest BCUT2D eigenvalue weighted by Crippen LogP contribution is 2.25. The van der Waals surface area contributed by atoms with Gasteiger partial charge < -0.3 is 15.0 Å². The number of carbonyl (C=O) groups excluding carboxylic acids is 1. The number of hydrogen-bond donors (Lipinski definition) is 2. The fourth-order valence-corrected chi connectivity index (χ4v) is 4.35. The zero-order valence-corrected chi connectivity index (χ0v) is 17.4. The number of aromatic nitrogens is 3. The van der Waals surface area contributed by atoms with E-state index in [0.717, 1.165) is 27.4 Å². The largest absolute Gasteiger partial charge is 0.494 e. The van der Waals surface area contributed by atoms with Crippen LogP contribution >= 0.6 is 23.1 Å². The van der Waals surface area contributed by atoms with E-state index in [1.807, 2.05) is 60.8 Å². The van der Waals surface area contributed by atoms with E-state index >= 15 is 0 Å². The molecule has 0 spiro atoms. The Hall–Kier alpha value is -2.84. The van der Waals surface area contributed by atoms with Crippen molar-refractivity contribution in [3.05, 3.63) is 70.7 Å². The third-order valence-corrected chi connectivity index (χ3v) is 5.93. The highest BCUT2D eigenvalue weighted by Gasteiger charge is 2.19. The number of thioether (sulfide) groups is 1. The van der Waals surface area contributed by atoms with Crippen molar-refractivity contribution in [2.45, 2.75) is 18.1 Å². The molecule has 2 N–H and O–H groups in total. The maximum atomic E-state index is 12.6. The Morgan fingerprint density at radius 1 is 1.28 bits per heavy atom. The lowest BCUT2D eigenvalue weighted by molar-refractivity contribution is -0.119. The predicted molar refractivity (Wildman–Crippen MR) is 117 cm³/mol. The summed E-state index contributed by atoms with van der Waals surface area (Å²) in [6.07, 6.45) is 1.75. The molecule has 2 heterocycles. The van der Waals surface area contributed by atoms with Gasteiger partial charge in [-0.15, -0.1) is 11.3 Å². The van der Waals surface area contributed by atoms with Gasteiger partial charge in [-0.3, -0.25) is 4.79 Å². The number of thiazole rings is 1. The molecule has 29 heavy (non-hydrogen) atoms. The second-order valence-corrected chi connectivity index (χ2v) is 8.11. The molecular weight excluding hydrogens is 404 g/mol. The Morgan fingerprint density at radius 3 is 2.90 bits per heavy atom. The summed E-state index contributed by atoms with van der Waals surface area (Å²) >= 11 is 2.90. The topological polar surface area (TPSA) is 79.9 Å². The van der Waals surface area contributed by atoms with E-state index in [0.29, 0.717) is 11.8 Å². The number of hydrogen-bond acceptors (Lipinski definition) is 6. The van der Waals surface area contributed by atoms with Crippen LogP contribution in [0.4, 0.5) is 0 Å². The number of carbonyl (C=O) groups is 1. The lowest BCUT2D eigenvalue weighted by atomic mass is 10.1. The molecule has 8 heteroatoms. The van der Waals surface area contributed by atoms with Crippen LogP contribution in [0.1, 0.15) is 23.5 Å². The molecule has 0 aliphatic carbocycles. The summed E-state index contributed by atoms with van der Waals surface area (Å²) in [4.78, 5) is 24.8. The summed E-state index contributed by atoms with van der Waals surface area (Å²) in [7, 11) is 0. The van der Waals surface area contributed by atoms with Crippen LogP contribution in [0.15, 0.2) is 65.3 Å². The summed E-state index contributed by atoms with van der Waals surface area (Å²) in [6, 6.07) is 15.3. The van der Waals surface area contributed by atoms with Crippen LogP contribution in [0, 0.1) is 0 Å². The molecule has 6 nitrogen and oxygen atoms in total. The minimum Gasteiger partial charge on any atom is -0.494 e. The van der Waals surface area contributed by atoms with Gasteiger partial charge >= 0.3 is 0 Å². The summed E-state index contributed by atoms with van der Waals surface area (Å²) in [5, 5.41) is 6.57. The van der Waals surface area contributed by atoms with Crippen LogP contribution in [0.2, 0.25) is 0 Å². The van der Waals surface area contributed by atoms with Gasteiger partial charge in [0.2, 0.25) is 5.91 Å². The molecule has 0 aliphatic rings. The molecule has 0 bridgehead atoms. The van der Waals surface area contributed by atoms with Gasteiger partial charge in [0, 0.05) is 17.6 Å². The second-order valence-electron chi connectivity index (χ2n) is 6.22. The Kier molecular flexibility index (Phi) is 6.12. The third-order valence-electron chi connectivity index (χ3n) is 4.22. The van der Waals surface area contributed by atoms with Crippen molar-refractivity contribution in [2.24, 2.45) is 0 Å². The number of benzene rings is 2. The van der Waals surface area contributed by atoms with E-state index in [1.165, 1.54) is 23.1 Å². The molecule has 148 valence electrons. The lowest BCUT2D eigenvalue weighted by Crippen LogP contribution is -2.30. The molecule has 0 radical (unpaired) electrons. The number of H-pyrrole nitrogens is 1. The van der Waals surface area contributed by atoms with Crippen molar-refractivity contribution in [2.75, 3.05) is 12.4 Å². The Bertz CT molecular complexity index is 1080. The molecule has 1 amide bonds. The molecule has 4 aromatic rings. The van der Waals surface area contributed by atoms with Gasteiger partial charge in [0.1, 0.15) is 16.8 Å². The summed E-state index contributed by atoms with van der Waals surface area (Å²) in [6.45, 7) is 2.56. The zero-order valence-electron chi connectivity index (χ0n) is 15.8. The van der Waals surface area contributed by atoms with Gasteiger partial charge in [-0.25, -0.2) is 9.97 Å². The first-order chi connectivity index (χ1) is 14.2. The number of fused-ring (bicyclic) bond motifs is 1. The number of nitrogens with zero attached hydrogens (tertiary/aromatic N) is 2. The fraction of sp³-hybridized carbons (Fsp3) is 0.190. The van der Waals surface area contributed by atoms with Gasteiger partial charge in [-0.2, -0.15) is 0 Å². The fourth-order valence-electron chi connectivity index (χ4n) is 2.94. The highest BCUT2D eigenvalue weighted by atomic mass is 32.2. The molecule has 2 aromatic heterocycles. The Balaban J connectivity index is 1.43. The first-order valence-electron chi connectivity index (χ1n) is 9.22. The van der Waals surface area contributed by atoms with Gasteiger partial charge in [0.05, 0.1) is 23.4 Å². The molecule has 0 saturated heterocycles. The van der Waals surface area contributed by atoms with Crippen molar-refractivity contribution in [1.29, 1.82) is 0 Å². The number of nitrogens with one attached hydrogen (secondary N) is 2. The minimum atomic E-state index is -0.256. The number of imidazole rings is 1. The first kappa shape index (κ1) is 19.5. The zero-order chi connectivity index (χ0) is 20.1. The number of aromatic amines is 1. The number of ether oxygens (including phenoxy) is 1. The van der Waals surface area contributed by atoms with Crippen LogP contribution in [0.25, 0.3) is 11.0 Å². The van der Waals surface area contributed by atoms with Crippen LogP contribution in [0.3, 0.4) is 0 Å². The average Bonchev–Trinajstić information content (AvgIpc) is 3.41. The van der Waals surface area contributed by atoms with Crippen LogP contribution in [0.5, 0.6) is 5.75 Å². The minimum absolute atomic E-state index is 0.0745. The van der Waals surface area contributed by atoms with Crippen LogP contribution in [-0.4, -0.2) is 33.2 Å². The van der Waals surface area contributed by atoms with Crippen molar-refractivity contribution in [3.63, 3.8) is 0 Å². The molecule has 1 unspecified atom stereocenters. The summed E-state index contributed by atoms with van der Waals surface area (Å²) in [5.41, 5.74) is 2.75. The summed E-state index contributed by atoms with van der Waals surface area (Å²) < 4.78 is 5.52. The molecule has 1 atom stereocenters. The van der Waals surface area contributed by atoms with Crippen molar-refractivity contribution in [1.82, 2.24) is 20.3 Å². The van der Waals surface area contributed by atoms with E-state index in [1.54, 1.807) is 6.20 Å². The molecule has 4 rings (SSSR count). The van der Waals surface area contributed by atoms with Crippen LogP contribution in [-0.2, 0) is 4.79 Å². The van der Waals surface area contributed by atoms with E-state index in [9.17, 15) is 4.79 Å². The smallest absolute Gasteiger partial charge is 0.231 e. The number of rotatable bonds is 8. The average molecular weight is 425 g/mol. The molecular formula is C21H20N4O2S2. The van der Waals surface area contributed by atoms with E-state index in [-0.39, 0.29) is 17.7 Å². The molecule has 0 fully saturated rings. The maximum absolute atomic E-state index is 12.6. The predicted octanol–water partition coefficient (Wildman–Crippen LogP) is 4.42. The van der Waals surface area contributed by atoms with E-state index in [4.69, 9.17) is 4.74 Å². The quantitative estimate of drug-likeness (QED) is 0.410. The van der Waals surface area contributed by atoms with Gasteiger partial charge in [-0.1, -0.05) is 42.1 Å². The lowest BCUT2D eigenvalue weighted by Gasteiger charge is -2.16. The van der Waals surface area contributed by atoms with E-state index in [2.05, 4.69) is 20.3 Å². The molecule has 0 aliphatic heterocycles. The van der Waals surface area contributed by atoms with Gasteiger partial charge in [0.15, 0.2) is 5.16 Å². The maximum Gasteiger partial charge on any atom is 0.231 e. The Morgan fingerprint density at radius 2 is 2.14 bits per heavy atom. The van der Waals surface area contributed by atoms with E-state index < -0.39 is 0 Å². The van der Waals surface area contributed by atoms with Gasteiger partial charge in [0.25, 0.3) is 0 Å². The molecule has 2 aromatic carbocycles. The number of amides is 1. The normalized spacial score (nSPS) is 12.0. The third kappa shape index (κ3) is 4.78. The first-order valence-corrected chi connectivity index (χ1v) is 11.1. The van der Waals surface area contributed by atoms with Crippen molar-refractivity contribution >= 4 is 40.0 Å². The monoisotopic (exact) mass is 424 g/mol. The standard InChI is InChI=1S/C21H20N4O2S2/c1-2-27-15-8-9-16-17(12-15)24-21(23-16)29-13-18(26)25-19(20-22-10-11-28-20)14-6-4-3-5-7-14/h3-12,19H,2,13H2,1H3,(H,23,24)(H,25,26). The van der Waals surface area contributed by atoms with Crippen LogP contribution < -0.4 is 10.1 Å². The second kappa shape index (κ2) is 9.11. The highest BCUT2D eigenvalue weighted by molar-refractivity contribution is 7.99. The SMILES string of the molecule is CCOc1ccc2nc(SCC(=O)NC(c3ccccc3)c3nccs3)[nH]c2c1. The Labute approximate surface area is 176 Å². The molecule has 0 saturated carbocycles. The van der Waals surface area contributed by atoms with Crippen molar-refractivity contribution in [3.8, 4) is 5.75 Å².